The number of carbonyl (C=O) groups excluding carboxylic acids is 1. The van der Waals surface area contributed by atoms with Crippen molar-refractivity contribution >= 4 is 21.6 Å². The number of anilines is 1. The minimum absolute atomic E-state index is 0.0627. The standard InChI is InChI=1S/C20H24F3N3O3S/c1-14(12-15-4-8-17(9-5-15)26(2)3)25-30(28,29)18-10-6-16(7-11-18)19(27)24-13-20(21,22)23/h4-11,14,25H,12-13H2,1-3H3,(H,24,27). The number of halogens is 3. The molecule has 0 bridgehead atoms. The minimum Gasteiger partial charge on any atom is -0.378 e. The highest BCUT2D eigenvalue weighted by Gasteiger charge is 2.28. The quantitative estimate of drug-likeness (QED) is 0.658. The van der Waals surface area contributed by atoms with Crippen LogP contribution in [0.5, 0.6) is 0 Å². The molecule has 0 saturated heterocycles. The molecule has 0 aliphatic heterocycles. The van der Waals surface area contributed by atoms with Gasteiger partial charge in [0.05, 0.1) is 4.90 Å². The third-order valence-corrected chi connectivity index (χ3v) is 5.83. The molecule has 1 amide bonds. The van der Waals surface area contributed by atoms with Crippen molar-refractivity contribution in [2.45, 2.75) is 30.5 Å². The highest BCUT2D eigenvalue weighted by molar-refractivity contribution is 7.89. The van der Waals surface area contributed by atoms with E-state index in [1.807, 2.05) is 43.3 Å². The molecule has 2 N–H and O–H groups in total. The molecule has 2 aromatic carbocycles. The summed E-state index contributed by atoms with van der Waals surface area (Å²) >= 11 is 0. The van der Waals surface area contributed by atoms with E-state index in [9.17, 15) is 26.4 Å². The molecule has 10 heteroatoms. The molecule has 0 aliphatic rings. The normalized spacial score (nSPS) is 13.0. The molecule has 0 aromatic heterocycles. The van der Waals surface area contributed by atoms with Gasteiger partial charge < -0.3 is 10.2 Å². The average molecular weight is 443 g/mol. The highest BCUT2D eigenvalue weighted by atomic mass is 32.2. The summed E-state index contributed by atoms with van der Waals surface area (Å²) in [6.07, 6.45) is -4.04. The molecule has 0 heterocycles. The van der Waals surface area contributed by atoms with E-state index in [1.54, 1.807) is 12.2 Å². The van der Waals surface area contributed by atoms with E-state index in [2.05, 4.69) is 4.72 Å². The molecule has 6 nitrogen and oxygen atoms in total. The van der Waals surface area contributed by atoms with Gasteiger partial charge in [-0.15, -0.1) is 0 Å². The number of nitrogens with one attached hydrogen (secondary N) is 2. The van der Waals surface area contributed by atoms with Gasteiger partial charge in [-0.2, -0.15) is 13.2 Å². The van der Waals surface area contributed by atoms with Gasteiger partial charge >= 0.3 is 6.18 Å². The summed E-state index contributed by atoms with van der Waals surface area (Å²) in [7, 11) is 0.00600. The van der Waals surface area contributed by atoms with Gasteiger partial charge in [0.15, 0.2) is 0 Å². The third-order valence-electron chi connectivity index (χ3n) is 4.23. The van der Waals surface area contributed by atoms with Gasteiger partial charge in [-0.3, -0.25) is 4.79 Å². The largest absolute Gasteiger partial charge is 0.405 e. The summed E-state index contributed by atoms with van der Waals surface area (Å²) in [6, 6.07) is 12.1. The molecular formula is C20H24F3N3O3S. The molecule has 164 valence electrons. The summed E-state index contributed by atoms with van der Waals surface area (Å²) in [5.74, 6) is -0.932. The maximum atomic E-state index is 12.5. The number of nitrogens with zero attached hydrogens (tertiary/aromatic N) is 1. The zero-order chi connectivity index (χ0) is 22.5. The molecule has 0 radical (unpaired) electrons. The molecule has 0 spiro atoms. The predicted octanol–water partition coefficient (Wildman–Crippen LogP) is 2.95. The van der Waals surface area contributed by atoms with Gasteiger partial charge in [0.1, 0.15) is 6.54 Å². The van der Waals surface area contributed by atoms with Crippen LogP contribution in [-0.2, 0) is 16.4 Å². The Morgan fingerprint density at radius 3 is 2.10 bits per heavy atom. The van der Waals surface area contributed by atoms with Crippen molar-refractivity contribution in [2.24, 2.45) is 0 Å². The lowest BCUT2D eigenvalue weighted by molar-refractivity contribution is -0.123. The minimum atomic E-state index is -4.52. The third kappa shape index (κ3) is 7.03. The van der Waals surface area contributed by atoms with Gasteiger partial charge in [-0.25, -0.2) is 13.1 Å². The van der Waals surface area contributed by atoms with Crippen molar-refractivity contribution in [1.29, 1.82) is 0 Å². The van der Waals surface area contributed by atoms with Crippen LogP contribution in [0.4, 0.5) is 18.9 Å². The average Bonchev–Trinajstić information content (AvgIpc) is 2.65. The first-order valence-corrected chi connectivity index (χ1v) is 10.6. The molecule has 30 heavy (non-hydrogen) atoms. The van der Waals surface area contributed by atoms with Gasteiger partial charge in [-0.1, -0.05) is 12.1 Å². The number of benzene rings is 2. The Bertz CT molecular complexity index is 958. The number of rotatable bonds is 8. The van der Waals surface area contributed by atoms with Crippen LogP contribution >= 0.6 is 0 Å². The second-order valence-electron chi connectivity index (χ2n) is 7.11. The fourth-order valence-corrected chi connectivity index (χ4v) is 3.97. The van der Waals surface area contributed by atoms with Crippen molar-refractivity contribution in [3.8, 4) is 0 Å². The van der Waals surface area contributed by atoms with E-state index in [0.29, 0.717) is 6.42 Å². The molecule has 0 aliphatic carbocycles. The Balaban J connectivity index is 1.99. The maximum absolute atomic E-state index is 12.5. The van der Waals surface area contributed by atoms with Gasteiger partial charge in [-0.05, 0) is 55.3 Å². The first-order chi connectivity index (χ1) is 13.9. The summed E-state index contributed by atoms with van der Waals surface area (Å²) in [5, 5.41) is 1.74. The number of carbonyl (C=O) groups is 1. The van der Waals surface area contributed by atoms with Crippen molar-refractivity contribution in [3.05, 3.63) is 59.7 Å². The smallest absolute Gasteiger partial charge is 0.378 e. The summed E-state index contributed by atoms with van der Waals surface area (Å²) in [6.45, 7) is 0.275. The molecule has 0 saturated carbocycles. The fraction of sp³-hybridized carbons (Fsp3) is 0.350. The van der Waals surface area contributed by atoms with Crippen LogP contribution in [0.15, 0.2) is 53.4 Å². The second kappa shape index (κ2) is 9.48. The Morgan fingerprint density at radius 2 is 1.60 bits per heavy atom. The highest BCUT2D eigenvalue weighted by Crippen LogP contribution is 2.16. The van der Waals surface area contributed by atoms with E-state index in [1.165, 1.54) is 24.3 Å². The van der Waals surface area contributed by atoms with Crippen LogP contribution in [0.3, 0.4) is 0 Å². The van der Waals surface area contributed by atoms with E-state index < -0.39 is 34.7 Å². The number of hydrogen-bond acceptors (Lipinski definition) is 4. The van der Waals surface area contributed by atoms with Crippen LogP contribution in [0.2, 0.25) is 0 Å². The van der Waals surface area contributed by atoms with Gasteiger partial charge in [0.2, 0.25) is 10.0 Å². The predicted molar refractivity (Wildman–Crippen MR) is 109 cm³/mol. The zero-order valence-electron chi connectivity index (χ0n) is 16.8. The van der Waals surface area contributed by atoms with Crippen molar-refractivity contribution in [3.63, 3.8) is 0 Å². The van der Waals surface area contributed by atoms with Gasteiger partial charge in [0, 0.05) is 31.4 Å². The van der Waals surface area contributed by atoms with Crippen molar-refractivity contribution in [2.75, 3.05) is 25.5 Å². The number of amides is 1. The second-order valence-corrected chi connectivity index (χ2v) is 8.82. The lowest BCUT2D eigenvalue weighted by atomic mass is 10.1. The van der Waals surface area contributed by atoms with E-state index in [4.69, 9.17) is 0 Å². The summed E-state index contributed by atoms with van der Waals surface area (Å²) in [4.78, 5) is 13.6. The van der Waals surface area contributed by atoms with Crippen LogP contribution in [0.25, 0.3) is 0 Å². The Hall–Kier alpha value is -2.59. The number of sulfonamides is 1. The molecule has 0 fully saturated rings. The fourth-order valence-electron chi connectivity index (χ4n) is 2.73. The first kappa shape index (κ1) is 23.7. The monoisotopic (exact) mass is 443 g/mol. The van der Waals surface area contributed by atoms with E-state index in [0.717, 1.165) is 11.3 Å². The molecular weight excluding hydrogens is 419 g/mol. The lowest BCUT2D eigenvalue weighted by Crippen LogP contribution is -2.34. The maximum Gasteiger partial charge on any atom is 0.405 e. The molecule has 2 rings (SSSR count). The summed E-state index contributed by atoms with van der Waals surface area (Å²) < 4.78 is 64.2. The molecule has 2 aromatic rings. The Morgan fingerprint density at radius 1 is 1.03 bits per heavy atom. The lowest BCUT2D eigenvalue weighted by Gasteiger charge is -2.16. The Labute approximate surface area is 174 Å². The molecule has 1 unspecified atom stereocenters. The van der Waals surface area contributed by atoms with E-state index in [-0.39, 0.29) is 10.5 Å². The number of hydrogen-bond donors (Lipinski definition) is 2. The van der Waals surface area contributed by atoms with Crippen LogP contribution in [0, 0.1) is 0 Å². The van der Waals surface area contributed by atoms with Gasteiger partial charge in [0.25, 0.3) is 5.91 Å². The topological polar surface area (TPSA) is 78.5 Å². The number of alkyl halides is 3. The van der Waals surface area contributed by atoms with Crippen LogP contribution < -0.4 is 14.9 Å². The zero-order valence-corrected chi connectivity index (χ0v) is 17.6. The van der Waals surface area contributed by atoms with E-state index >= 15 is 0 Å². The van der Waals surface area contributed by atoms with Crippen LogP contribution in [0.1, 0.15) is 22.8 Å². The Kier molecular flexibility index (Phi) is 7.49. The summed E-state index contributed by atoms with van der Waals surface area (Å²) in [5.41, 5.74) is 1.94. The molecule has 1 atom stereocenters. The van der Waals surface area contributed by atoms with Crippen molar-refractivity contribution in [1.82, 2.24) is 10.0 Å². The SMILES string of the molecule is CC(Cc1ccc(N(C)C)cc1)NS(=O)(=O)c1ccc(C(=O)NCC(F)(F)F)cc1. The van der Waals surface area contributed by atoms with Crippen molar-refractivity contribution < 1.29 is 26.4 Å². The first-order valence-electron chi connectivity index (χ1n) is 9.11. The van der Waals surface area contributed by atoms with Crippen LogP contribution in [-0.4, -0.2) is 47.2 Å².